The smallest absolute Gasteiger partial charge is 0.306 e. The van der Waals surface area contributed by atoms with Crippen molar-refractivity contribution in [2.45, 2.75) is 12.8 Å². The molecule has 0 spiro atoms. The number of carboxylic acids is 1. The maximum Gasteiger partial charge on any atom is 0.306 e. The van der Waals surface area contributed by atoms with Crippen molar-refractivity contribution in [3.8, 4) is 0 Å². The van der Waals surface area contributed by atoms with Crippen LogP contribution in [-0.2, 0) is 19.1 Å². The van der Waals surface area contributed by atoms with Gasteiger partial charge >= 0.3 is 5.97 Å². The summed E-state index contributed by atoms with van der Waals surface area (Å²) in [6.45, 7) is 1.74. The number of carboxylic acid groups (broad SMARTS) is 1. The summed E-state index contributed by atoms with van der Waals surface area (Å²) in [5.74, 6) is -1.12. The maximum atomic E-state index is 11.9. The van der Waals surface area contributed by atoms with Gasteiger partial charge in [-0.1, -0.05) is 0 Å². The van der Waals surface area contributed by atoms with E-state index in [2.05, 4.69) is 0 Å². The third-order valence-electron chi connectivity index (χ3n) is 2.99. The molecule has 94 valence electrons. The number of hydrogen-bond donors (Lipinski definition) is 1. The number of hydrogen-bond acceptors (Lipinski definition) is 4. The summed E-state index contributed by atoms with van der Waals surface area (Å²) in [5.41, 5.74) is 0. The van der Waals surface area contributed by atoms with Gasteiger partial charge in [-0.3, -0.25) is 9.59 Å². The van der Waals surface area contributed by atoms with Crippen molar-refractivity contribution in [3.05, 3.63) is 12.0 Å². The van der Waals surface area contributed by atoms with E-state index < -0.39 is 5.97 Å². The summed E-state index contributed by atoms with van der Waals surface area (Å²) in [6.07, 6.45) is 2.32. The highest BCUT2D eigenvalue weighted by atomic mass is 16.6. The number of rotatable bonds is 2. The van der Waals surface area contributed by atoms with Gasteiger partial charge in [-0.2, -0.15) is 0 Å². The monoisotopic (exact) mass is 241 g/mol. The Morgan fingerprint density at radius 2 is 2.00 bits per heavy atom. The van der Waals surface area contributed by atoms with E-state index in [1.165, 1.54) is 6.26 Å². The van der Waals surface area contributed by atoms with Crippen LogP contribution in [0.5, 0.6) is 0 Å². The third kappa shape index (κ3) is 2.69. The van der Waals surface area contributed by atoms with E-state index in [9.17, 15) is 9.59 Å². The number of piperidine rings is 1. The van der Waals surface area contributed by atoms with Crippen molar-refractivity contribution in [3.63, 3.8) is 0 Å². The number of amides is 1. The van der Waals surface area contributed by atoms with Crippen LogP contribution in [0, 0.1) is 5.92 Å². The molecule has 1 fully saturated rings. The van der Waals surface area contributed by atoms with Crippen molar-refractivity contribution >= 4 is 11.9 Å². The first-order valence-corrected chi connectivity index (χ1v) is 5.65. The van der Waals surface area contributed by atoms with Crippen molar-refractivity contribution in [1.82, 2.24) is 4.90 Å². The van der Waals surface area contributed by atoms with Crippen molar-refractivity contribution in [2.75, 3.05) is 26.3 Å². The average Bonchev–Trinajstić information content (AvgIpc) is 2.39. The van der Waals surface area contributed by atoms with Gasteiger partial charge in [0.2, 0.25) is 5.76 Å². The van der Waals surface area contributed by atoms with Crippen LogP contribution in [0.1, 0.15) is 12.8 Å². The first-order chi connectivity index (χ1) is 8.18. The minimum absolute atomic E-state index is 0.213. The molecule has 0 aromatic carbocycles. The lowest BCUT2D eigenvalue weighted by Crippen LogP contribution is -2.41. The fraction of sp³-hybridized carbons (Fsp3) is 0.636. The fourth-order valence-corrected chi connectivity index (χ4v) is 1.97. The van der Waals surface area contributed by atoms with E-state index in [-0.39, 0.29) is 17.6 Å². The molecule has 2 aliphatic heterocycles. The van der Waals surface area contributed by atoms with Gasteiger partial charge in [0.05, 0.1) is 5.92 Å². The number of ether oxygens (including phenoxy) is 2. The normalized spacial score (nSPS) is 21.2. The van der Waals surface area contributed by atoms with E-state index in [0.717, 1.165) is 0 Å². The third-order valence-corrected chi connectivity index (χ3v) is 2.99. The lowest BCUT2D eigenvalue weighted by atomic mass is 9.97. The molecule has 0 saturated carbocycles. The second kappa shape index (κ2) is 5.07. The maximum absolute atomic E-state index is 11.9. The Morgan fingerprint density at radius 3 is 2.53 bits per heavy atom. The fourth-order valence-electron chi connectivity index (χ4n) is 1.97. The molecule has 17 heavy (non-hydrogen) atoms. The van der Waals surface area contributed by atoms with Crippen LogP contribution in [0.15, 0.2) is 12.0 Å². The van der Waals surface area contributed by atoms with Crippen LogP contribution in [0.4, 0.5) is 0 Å². The number of likely N-dealkylation sites (tertiary alicyclic amines) is 1. The molecule has 0 bridgehead atoms. The molecular weight excluding hydrogens is 226 g/mol. The molecule has 0 unspecified atom stereocenters. The summed E-state index contributed by atoms with van der Waals surface area (Å²) in [4.78, 5) is 24.3. The first kappa shape index (κ1) is 11.8. The van der Waals surface area contributed by atoms with E-state index >= 15 is 0 Å². The molecule has 2 aliphatic rings. The molecule has 1 saturated heterocycles. The Bertz CT molecular complexity index is 344. The Morgan fingerprint density at radius 1 is 1.29 bits per heavy atom. The molecular formula is C11H15NO5. The Kier molecular flexibility index (Phi) is 3.51. The standard InChI is InChI=1S/C11H15NO5/c13-10(9-7-16-5-6-17-9)12-3-1-8(2-4-12)11(14)15/h7-8H,1-6H2,(H,14,15). The zero-order valence-electron chi connectivity index (χ0n) is 9.42. The summed E-state index contributed by atoms with van der Waals surface area (Å²) in [7, 11) is 0. The minimum Gasteiger partial charge on any atom is -0.494 e. The predicted octanol–water partition coefficient (Wildman–Crippen LogP) is 0.198. The molecule has 6 nitrogen and oxygen atoms in total. The molecule has 0 atom stereocenters. The number of carbonyl (C=O) groups excluding carboxylic acids is 1. The van der Waals surface area contributed by atoms with E-state index in [0.29, 0.717) is 39.1 Å². The summed E-state index contributed by atoms with van der Waals surface area (Å²) >= 11 is 0. The van der Waals surface area contributed by atoms with Crippen LogP contribution in [0.2, 0.25) is 0 Å². The molecule has 1 N–H and O–H groups in total. The number of nitrogens with zero attached hydrogens (tertiary/aromatic N) is 1. The van der Waals surface area contributed by atoms with E-state index in [1.807, 2.05) is 0 Å². The highest BCUT2D eigenvalue weighted by molar-refractivity contribution is 5.91. The van der Waals surface area contributed by atoms with Gasteiger partial charge in [-0.15, -0.1) is 0 Å². The molecule has 1 amide bonds. The summed E-state index contributed by atoms with van der Waals surface area (Å²) < 4.78 is 10.2. The number of carbonyl (C=O) groups is 2. The van der Waals surface area contributed by atoms with Gasteiger partial charge in [0.15, 0.2) is 0 Å². The van der Waals surface area contributed by atoms with Gasteiger partial charge in [0, 0.05) is 13.1 Å². The highest BCUT2D eigenvalue weighted by Gasteiger charge is 2.29. The Labute approximate surface area is 98.8 Å². The van der Waals surface area contributed by atoms with Crippen LogP contribution in [0.25, 0.3) is 0 Å². The van der Waals surface area contributed by atoms with Crippen LogP contribution < -0.4 is 0 Å². The lowest BCUT2D eigenvalue weighted by molar-refractivity contribution is -0.145. The summed E-state index contributed by atoms with van der Waals surface area (Å²) in [6, 6.07) is 0. The first-order valence-electron chi connectivity index (χ1n) is 5.65. The molecule has 0 aromatic heterocycles. The lowest BCUT2D eigenvalue weighted by Gasteiger charge is -2.30. The van der Waals surface area contributed by atoms with Crippen LogP contribution in [-0.4, -0.2) is 48.2 Å². The predicted molar refractivity (Wildman–Crippen MR) is 56.9 cm³/mol. The molecule has 0 radical (unpaired) electrons. The molecule has 6 heteroatoms. The largest absolute Gasteiger partial charge is 0.494 e. The minimum atomic E-state index is -0.784. The Balaban J connectivity index is 1.90. The molecule has 0 aromatic rings. The topological polar surface area (TPSA) is 76.1 Å². The zero-order chi connectivity index (χ0) is 12.3. The SMILES string of the molecule is O=C(O)C1CCN(C(=O)C2=COCCO2)CC1. The van der Waals surface area contributed by atoms with E-state index in [4.69, 9.17) is 14.6 Å². The van der Waals surface area contributed by atoms with Gasteiger partial charge in [0.1, 0.15) is 19.5 Å². The van der Waals surface area contributed by atoms with Gasteiger partial charge < -0.3 is 19.5 Å². The van der Waals surface area contributed by atoms with Gasteiger partial charge in [-0.05, 0) is 12.8 Å². The second-order valence-corrected chi connectivity index (χ2v) is 4.11. The van der Waals surface area contributed by atoms with Crippen molar-refractivity contribution < 1.29 is 24.2 Å². The summed E-state index contributed by atoms with van der Waals surface area (Å²) in [5, 5.41) is 8.85. The second-order valence-electron chi connectivity index (χ2n) is 4.11. The van der Waals surface area contributed by atoms with E-state index in [1.54, 1.807) is 4.90 Å². The average molecular weight is 241 g/mol. The molecule has 0 aliphatic carbocycles. The zero-order valence-corrected chi connectivity index (χ0v) is 9.42. The number of aliphatic carboxylic acids is 1. The van der Waals surface area contributed by atoms with Crippen molar-refractivity contribution in [2.24, 2.45) is 5.92 Å². The van der Waals surface area contributed by atoms with Gasteiger partial charge in [0.25, 0.3) is 5.91 Å². The molecule has 2 rings (SSSR count). The van der Waals surface area contributed by atoms with Crippen molar-refractivity contribution in [1.29, 1.82) is 0 Å². The van der Waals surface area contributed by atoms with Crippen LogP contribution in [0.3, 0.4) is 0 Å². The van der Waals surface area contributed by atoms with Crippen LogP contribution >= 0.6 is 0 Å². The molecule has 2 heterocycles. The quantitative estimate of drug-likeness (QED) is 0.747. The van der Waals surface area contributed by atoms with Gasteiger partial charge in [-0.25, -0.2) is 0 Å². The highest BCUT2D eigenvalue weighted by Crippen LogP contribution is 2.19. The Hall–Kier alpha value is -1.72.